The summed E-state index contributed by atoms with van der Waals surface area (Å²) in [5, 5.41) is 10.8. The molecule has 1 spiro atoms. The van der Waals surface area contributed by atoms with Crippen LogP contribution in [0.3, 0.4) is 0 Å². The van der Waals surface area contributed by atoms with Crippen molar-refractivity contribution in [2.75, 3.05) is 26.2 Å². The number of aliphatic hydroxyl groups is 1. The van der Waals surface area contributed by atoms with Crippen molar-refractivity contribution in [1.82, 2.24) is 14.7 Å². The Balaban J connectivity index is 1.86. The second-order valence-corrected chi connectivity index (χ2v) is 15.9. The molecule has 2 unspecified atom stereocenters. The topological polar surface area (TPSA) is 81.2 Å². The van der Waals surface area contributed by atoms with Crippen LogP contribution in [-0.2, 0) is 14.4 Å². The van der Waals surface area contributed by atoms with E-state index in [1.807, 2.05) is 47.1 Å². The number of aliphatic hydroxyl groups excluding tert-OH is 1. The van der Waals surface area contributed by atoms with Gasteiger partial charge in [0, 0.05) is 30.4 Å². The zero-order valence-corrected chi connectivity index (χ0v) is 27.7. The molecule has 6 atom stereocenters. The maximum absolute atomic E-state index is 15.1. The monoisotopic (exact) mass is 609 g/mol. The number of nitrogens with zero attached hydrogens (tertiary/aromatic N) is 3. The lowest BCUT2D eigenvalue weighted by atomic mass is 9.70. The lowest BCUT2D eigenvalue weighted by Crippen LogP contribution is -2.60. The molecule has 1 aromatic rings. The molecule has 0 saturated carbocycles. The van der Waals surface area contributed by atoms with Crippen LogP contribution in [0.1, 0.15) is 78.8 Å². The van der Waals surface area contributed by atoms with Gasteiger partial charge in [0.1, 0.15) is 6.04 Å². The molecule has 8 heteroatoms. The van der Waals surface area contributed by atoms with Crippen LogP contribution in [-0.4, -0.2) is 85.3 Å². The number of fused-ring (bicyclic) bond motifs is 1. The fraction of sp³-hybridized carbons (Fsp3) is 0.629. The van der Waals surface area contributed by atoms with Crippen molar-refractivity contribution in [1.29, 1.82) is 0 Å². The van der Waals surface area contributed by atoms with Crippen molar-refractivity contribution >= 4 is 29.5 Å². The molecule has 3 aliphatic rings. The molecule has 2 bridgehead atoms. The molecule has 3 aliphatic heterocycles. The smallest absolute Gasteiger partial charge is 0.247 e. The van der Waals surface area contributed by atoms with Gasteiger partial charge < -0.3 is 19.8 Å². The molecule has 4 rings (SSSR count). The highest BCUT2D eigenvalue weighted by Gasteiger charge is 2.75. The predicted molar refractivity (Wildman–Crippen MR) is 174 cm³/mol. The van der Waals surface area contributed by atoms with E-state index in [4.69, 9.17) is 0 Å². The van der Waals surface area contributed by atoms with Crippen molar-refractivity contribution in [2.45, 2.75) is 94.8 Å². The third kappa shape index (κ3) is 6.06. The number of benzene rings is 1. The highest BCUT2D eigenvalue weighted by Crippen LogP contribution is 2.67. The van der Waals surface area contributed by atoms with Gasteiger partial charge in [-0.25, -0.2) is 0 Å². The molecule has 3 heterocycles. The molecule has 0 radical (unpaired) electrons. The summed E-state index contributed by atoms with van der Waals surface area (Å²) in [6.07, 6.45) is 6.51. The number of hydrogen-bond acceptors (Lipinski definition) is 5. The van der Waals surface area contributed by atoms with Crippen LogP contribution in [0.5, 0.6) is 0 Å². The fourth-order valence-electron chi connectivity index (χ4n) is 8.25. The summed E-state index contributed by atoms with van der Waals surface area (Å²) < 4.78 is -0.745. The van der Waals surface area contributed by atoms with E-state index < -0.39 is 34.2 Å². The van der Waals surface area contributed by atoms with Crippen LogP contribution >= 0.6 is 11.8 Å². The average Bonchev–Trinajstić information content (AvgIpc) is 3.58. The first-order valence-corrected chi connectivity index (χ1v) is 16.6. The van der Waals surface area contributed by atoms with E-state index in [0.717, 1.165) is 24.8 Å². The fourth-order valence-corrected chi connectivity index (χ4v) is 10.4. The molecule has 236 valence electrons. The molecule has 7 nitrogen and oxygen atoms in total. The van der Waals surface area contributed by atoms with E-state index in [1.54, 1.807) is 28.8 Å². The molecule has 0 aliphatic carbocycles. The van der Waals surface area contributed by atoms with Gasteiger partial charge in [0.25, 0.3) is 0 Å². The lowest BCUT2D eigenvalue weighted by Gasteiger charge is -2.46. The number of carbonyl (C=O) groups excluding carboxylic acids is 3. The first-order chi connectivity index (χ1) is 20.3. The predicted octanol–water partition coefficient (Wildman–Crippen LogP) is 5.47. The van der Waals surface area contributed by atoms with Crippen molar-refractivity contribution in [3.63, 3.8) is 0 Å². The Kier molecular flexibility index (Phi) is 9.92. The number of hydrogen-bond donors (Lipinski definition) is 1. The van der Waals surface area contributed by atoms with E-state index in [1.165, 1.54) is 0 Å². The molecule has 43 heavy (non-hydrogen) atoms. The van der Waals surface area contributed by atoms with Gasteiger partial charge in [0.2, 0.25) is 17.7 Å². The largest absolute Gasteiger partial charge is 0.394 e. The standard InChI is InChI=1S/C35H51N3O4S/c1-9-19-36(20-10-2)30(40)27-26-17-18-35(43-26)28(27)31(41)38(25(22-39)24-15-13-12-14-16-24)29(35)32(42)37(21-11-3)34(7,8)23-33(4,5)6/h9,11-16,25-29,39H,1,3,10,17-23H2,2,4-8H3/t25-,26-,27+,28+,29?,35?/m1/s1. The molecular formula is C35H51N3O4S. The summed E-state index contributed by atoms with van der Waals surface area (Å²) in [6.45, 7) is 21.6. The maximum atomic E-state index is 15.1. The number of amides is 3. The van der Waals surface area contributed by atoms with Crippen LogP contribution in [0, 0.1) is 17.3 Å². The minimum atomic E-state index is -0.812. The number of rotatable bonds is 13. The summed E-state index contributed by atoms with van der Waals surface area (Å²) in [4.78, 5) is 49.4. The second-order valence-electron chi connectivity index (χ2n) is 14.3. The zero-order valence-electron chi connectivity index (χ0n) is 26.9. The number of carbonyl (C=O) groups is 3. The van der Waals surface area contributed by atoms with E-state index in [-0.39, 0.29) is 35.0 Å². The van der Waals surface area contributed by atoms with Gasteiger partial charge in [-0.3, -0.25) is 14.4 Å². The quantitative estimate of drug-likeness (QED) is 0.300. The van der Waals surface area contributed by atoms with Gasteiger partial charge in [-0.1, -0.05) is 70.2 Å². The molecule has 1 aromatic carbocycles. The van der Waals surface area contributed by atoms with E-state index in [2.05, 4.69) is 47.8 Å². The number of thioether (sulfide) groups is 1. The van der Waals surface area contributed by atoms with Crippen LogP contribution in [0.25, 0.3) is 0 Å². The Morgan fingerprint density at radius 1 is 1.12 bits per heavy atom. The highest BCUT2D eigenvalue weighted by atomic mass is 32.2. The molecule has 3 saturated heterocycles. The second kappa shape index (κ2) is 12.8. The van der Waals surface area contributed by atoms with Gasteiger partial charge >= 0.3 is 0 Å². The maximum Gasteiger partial charge on any atom is 0.247 e. The number of likely N-dealkylation sites (tertiary alicyclic amines) is 1. The Hall–Kier alpha value is -2.58. The minimum absolute atomic E-state index is 0.0245. The van der Waals surface area contributed by atoms with Crippen LogP contribution in [0.2, 0.25) is 0 Å². The van der Waals surface area contributed by atoms with Crippen LogP contribution in [0.15, 0.2) is 55.6 Å². The third-order valence-electron chi connectivity index (χ3n) is 9.38. The highest BCUT2D eigenvalue weighted by molar-refractivity contribution is 8.02. The van der Waals surface area contributed by atoms with Gasteiger partial charge in [-0.15, -0.1) is 24.9 Å². The SMILES string of the molecule is C=CCN(CCC)C(=O)[C@@H]1[C@H]2C(=O)N([C@H](CO)c3ccccc3)C(C(=O)N(CC=C)C(C)(C)CC(C)(C)C)C23CC[C@H]1S3. The van der Waals surface area contributed by atoms with Crippen LogP contribution in [0.4, 0.5) is 0 Å². The molecule has 1 N–H and O–H groups in total. The minimum Gasteiger partial charge on any atom is -0.394 e. The van der Waals surface area contributed by atoms with E-state index in [9.17, 15) is 14.7 Å². The normalized spacial score (nSPS) is 27.1. The van der Waals surface area contributed by atoms with E-state index >= 15 is 4.79 Å². The Morgan fingerprint density at radius 3 is 2.33 bits per heavy atom. The summed E-state index contributed by atoms with van der Waals surface area (Å²) >= 11 is 1.68. The van der Waals surface area contributed by atoms with Crippen molar-refractivity contribution in [2.24, 2.45) is 17.3 Å². The molecule has 3 fully saturated rings. The van der Waals surface area contributed by atoms with Crippen molar-refractivity contribution in [3.8, 4) is 0 Å². The van der Waals surface area contributed by atoms with Crippen molar-refractivity contribution < 1.29 is 19.5 Å². The Bertz CT molecular complexity index is 1210. The molecule has 3 amide bonds. The summed E-state index contributed by atoms with van der Waals surface area (Å²) in [5.74, 6) is -1.49. The van der Waals surface area contributed by atoms with Gasteiger partial charge in [-0.05, 0) is 50.5 Å². The average molecular weight is 610 g/mol. The summed E-state index contributed by atoms with van der Waals surface area (Å²) in [6, 6.07) is 7.95. The first kappa shape index (κ1) is 33.3. The third-order valence-corrected chi connectivity index (χ3v) is 11.3. The Morgan fingerprint density at radius 2 is 1.77 bits per heavy atom. The molecular weight excluding hydrogens is 558 g/mol. The van der Waals surface area contributed by atoms with Crippen LogP contribution < -0.4 is 0 Å². The van der Waals surface area contributed by atoms with Crippen molar-refractivity contribution in [3.05, 3.63) is 61.2 Å². The van der Waals surface area contributed by atoms with Gasteiger partial charge in [0.05, 0.1) is 29.2 Å². The lowest BCUT2D eigenvalue weighted by molar-refractivity contribution is -0.149. The summed E-state index contributed by atoms with van der Waals surface area (Å²) in [5.41, 5.74) is 0.212. The first-order valence-electron chi connectivity index (χ1n) is 15.8. The summed E-state index contributed by atoms with van der Waals surface area (Å²) in [7, 11) is 0. The van der Waals surface area contributed by atoms with Gasteiger partial charge in [0.15, 0.2) is 0 Å². The van der Waals surface area contributed by atoms with E-state index in [0.29, 0.717) is 26.1 Å². The zero-order chi connectivity index (χ0) is 31.7. The van der Waals surface area contributed by atoms with Gasteiger partial charge in [-0.2, -0.15) is 0 Å². The molecule has 0 aromatic heterocycles. The Labute approximate surface area is 262 Å².